The van der Waals surface area contributed by atoms with Gasteiger partial charge in [-0.05, 0) is 32.4 Å². The zero-order valence-electron chi connectivity index (χ0n) is 12.6. The number of anilines is 1. The minimum Gasteiger partial charge on any atom is -0.446 e. The van der Waals surface area contributed by atoms with Crippen LogP contribution in [0.4, 0.5) is 18.9 Å². The molecule has 0 aliphatic heterocycles. The van der Waals surface area contributed by atoms with Gasteiger partial charge in [0, 0.05) is 0 Å². The van der Waals surface area contributed by atoms with E-state index in [0.29, 0.717) is 0 Å². The lowest BCUT2D eigenvalue weighted by Gasteiger charge is -2.22. The molecular weight excluding hydrogens is 317 g/mol. The van der Waals surface area contributed by atoms with Gasteiger partial charge in [-0.25, -0.2) is 4.79 Å². The Morgan fingerprint density at radius 1 is 1.17 bits per heavy atom. The molecule has 9 heteroatoms. The number of amides is 2. The van der Waals surface area contributed by atoms with E-state index in [2.05, 4.69) is 0 Å². The van der Waals surface area contributed by atoms with Crippen molar-refractivity contribution in [1.29, 1.82) is 0 Å². The summed E-state index contributed by atoms with van der Waals surface area (Å²) in [5.41, 5.74) is 3.00. The first kappa shape index (κ1) is 18.5. The van der Waals surface area contributed by atoms with Gasteiger partial charge >= 0.3 is 18.1 Å². The van der Waals surface area contributed by atoms with Crippen LogP contribution >= 0.6 is 0 Å². The van der Waals surface area contributed by atoms with Gasteiger partial charge in [0.25, 0.3) is 5.91 Å². The second-order valence-corrected chi connectivity index (χ2v) is 5.21. The third kappa shape index (κ3) is 4.44. The number of esters is 1. The Labute approximate surface area is 129 Å². The van der Waals surface area contributed by atoms with Crippen molar-refractivity contribution in [3.8, 4) is 0 Å². The summed E-state index contributed by atoms with van der Waals surface area (Å²) >= 11 is 0. The molecule has 0 unspecified atom stereocenters. The van der Waals surface area contributed by atoms with Gasteiger partial charge in [-0.15, -0.1) is 0 Å². The van der Waals surface area contributed by atoms with Crippen molar-refractivity contribution < 1.29 is 32.3 Å². The average Bonchev–Trinajstić information content (AvgIpc) is 2.36. The van der Waals surface area contributed by atoms with E-state index < -0.39 is 29.6 Å². The molecule has 0 fully saturated rings. The van der Waals surface area contributed by atoms with Crippen molar-refractivity contribution in [2.24, 2.45) is 5.73 Å². The van der Waals surface area contributed by atoms with Crippen LogP contribution in [0.2, 0.25) is 0 Å². The zero-order chi connectivity index (χ0) is 18.0. The Morgan fingerprint density at radius 2 is 1.74 bits per heavy atom. The fraction of sp³-hybridized carbons (Fsp3) is 0.357. The quantitative estimate of drug-likeness (QED) is 0.823. The first-order valence-corrected chi connectivity index (χ1v) is 6.37. The average molecular weight is 332 g/mol. The summed E-state index contributed by atoms with van der Waals surface area (Å²) in [6.45, 7) is 3.91. The van der Waals surface area contributed by atoms with Crippen molar-refractivity contribution in [3.05, 3.63) is 29.3 Å². The lowest BCUT2D eigenvalue weighted by atomic mass is 10.1. The smallest absolute Gasteiger partial charge is 0.446 e. The number of nitrogens with one attached hydrogen (secondary N) is 1. The Balaban J connectivity index is 3.19. The van der Waals surface area contributed by atoms with Crippen LogP contribution in [0.15, 0.2) is 18.2 Å². The highest BCUT2D eigenvalue weighted by Crippen LogP contribution is 2.25. The lowest BCUT2D eigenvalue weighted by Crippen LogP contribution is -2.42. The number of nitrogens with two attached hydrogens (primary N) is 1. The van der Waals surface area contributed by atoms with Crippen molar-refractivity contribution in [1.82, 2.24) is 0 Å². The van der Waals surface area contributed by atoms with Gasteiger partial charge in [0.2, 0.25) is 0 Å². The van der Waals surface area contributed by atoms with Crippen LogP contribution < -0.4 is 11.1 Å². The Morgan fingerprint density at radius 3 is 2.22 bits per heavy atom. The van der Waals surface area contributed by atoms with Gasteiger partial charge in [0.15, 0.2) is 5.60 Å². The molecule has 0 heterocycles. The van der Waals surface area contributed by atoms with E-state index in [4.69, 9.17) is 10.5 Å². The molecule has 0 aromatic heterocycles. The second kappa shape index (κ2) is 6.27. The molecule has 1 aromatic carbocycles. The third-order valence-electron chi connectivity index (χ3n) is 2.92. The monoisotopic (exact) mass is 332 g/mol. The minimum absolute atomic E-state index is 0.259. The summed E-state index contributed by atoms with van der Waals surface area (Å²) in [5.74, 6) is -4.24. The predicted molar refractivity (Wildman–Crippen MR) is 74.6 cm³/mol. The molecule has 126 valence electrons. The Kier molecular flexibility index (Phi) is 5.03. The summed E-state index contributed by atoms with van der Waals surface area (Å²) in [4.78, 5) is 34.4. The predicted octanol–water partition coefficient (Wildman–Crippen LogP) is 1.92. The minimum atomic E-state index is -5.11. The molecule has 0 saturated heterocycles. The number of carbonyl (C=O) groups excluding carboxylic acids is 3. The largest absolute Gasteiger partial charge is 0.471 e. The molecule has 6 nitrogen and oxygen atoms in total. The van der Waals surface area contributed by atoms with E-state index in [1.807, 2.05) is 0 Å². The van der Waals surface area contributed by atoms with Gasteiger partial charge in [0.05, 0.1) is 11.3 Å². The number of rotatable bonds is 4. The van der Waals surface area contributed by atoms with E-state index in [0.717, 1.165) is 6.07 Å². The van der Waals surface area contributed by atoms with Crippen molar-refractivity contribution in [2.75, 3.05) is 5.32 Å². The number of hydrogen-bond donors (Lipinski definition) is 2. The van der Waals surface area contributed by atoms with Crippen LogP contribution in [0.3, 0.4) is 0 Å². The number of halogens is 3. The standard InChI is InChI=1S/C14H15F3N2O4/c1-7-5-4-6-8(19-12(22)14(15,16)17)9(7)10(20)23-13(2,3)11(18)21/h4-6H,1-3H3,(H2,18,21)(H,19,22). The number of aryl methyl sites for hydroxylation is 1. The zero-order valence-corrected chi connectivity index (χ0v) is 12.6. The molecule has 1 aromatic rings. The Hall–Kier alpha value is -2.58. The van der Waals surface area contributed by atoms with Gasteiger partial charge in [-0.1, -0.05) is 12.1 Å². The number of hydrogen-bond acceptors (Lipinski definition) is 4. The van der Waals surface area contributed by atoms with Crippen LogP contribution in [0.25, 0.3) is 0 Å². The molecule has 0 atom stereocenters. The molecule has 0 radical (unpaired) electrons. The lowest BCUT2D eigenvalue weighted by molar-refractivity contribution is -0.167. The van der Waals surface area contributed by atoms with E-state index in [1.165, 1.54) is 32.9 Å². The molecule has 23 heavy (non-hydrogen) atoms. The second-order valence-electron chi connectivity index (χ2n) is 5.21. The van der Waals surface area contributed by atoms with Crippen LogP contribution in [-0.2, 0) is 14.3 Å². The number of primary amides is 1. The maximum atomic E-state index is 12.4. The van der Waals surface area contributed by atoms with Crippen LogP contribution in [-0.4, -0.2) is 29.6 Å². The first-order valence-electron chi connectivity index (χ1n) is 6.37. The molecule has 1 rings (SSSR count). The molecule has 3 N–H and O–H groups in total. The van der Waals surface area contributed by atoms with Gasteiger partial charge in [0.1, 0.15) is 0 Å². The summed E-state index contributed by atoms with van der Waals surface area (Å²) in [7, 11) is 0. The number of alkyl halides is 3. The van der Waals surface area contributed by atoms with Crippen molar-refractivity contribution >= 4 is 23.5 Å². The molecule has 2 amide bonds. The van der Waals surface area contributed by atoms with Gasteiger partial charge in [-0.3, -0.25) is 9.59 Å². The van der Waals surface area contributed by atoms with Crippen LogP contribution in [0.1, 0.15) is 29.8 Å². The maximum absolute atomic E-state index is 12.4. The maximum Gasteiger partial charge on any atom is 0.471 e. The van der Waals surface area contributed by atoms with E-state index in [1.54, 1.807) is 5.32 Å². The molecule has 0 bridgehead atoms. The van der Waals surface area contributed by atoms with Crippen molar-refractivity contribution in [2.45, 2.75) is 32.5 Å². The van der Waals surface area contributed by atoms with Gasteiger partial charge in [-0.2, -0.15) is 13.2 Å². The molecular formula is C14H15F3N2O4. The molecule has 0 aliphatic rings. The summed E-state index contributed by atoms with van der Waals surface area (Å²) in [6.07, 6.45) is -5.11. The van der Waals surface area contributed by atoms with Gasteiger partial charge < -0.3 is 15.8 Å². The molecule has 0 spiro atoms. The molecule has 0 aliphatic carbocycles. The first-order chi connectivity index (χ1) is 10.4. The fourth-order valence-electron chi connectivity index (χ4n) is 1.57. The van der Waals surface area contributed by atoms with E-state index in [-0.39, 0.29) is 16.8 Å². The van der Waals surface area contributed by atoms with Crippen LogP contribution in [0, 0.1) is 6.92 Å². The van der Waals surface area contributed by atoms with E-state index >= 15 is 0 Å². The highest BCUT2D eigenvalue weighted by Gasteiger charge is 2.39. The SMILES string of the molecule is Cc1cccc(NC(=O)C(F)(F)F)c1C(=O)OC(C)(C)C(N)=O. The topological polar surface area (TPSA) is 98.5 Å². The highest BCUT2D eigenvalue weighted by atomic mass is 19.4. The van der Waals surface area contributed by atoms with E-state index in [9.17, 15) is 27.6 Å². The summed E-state index contributed by atoms with van der Waals surface area (Å²) < 4.78 is 42.0. The van der Waals surface area contributed by atoms with Crippen LogP contribution in [0.5, 0.6) is 0 Å². The number of carbonyl (C=O) groups is 3. The highest BCUT2D eigenvalue weighted by molar-refractivity contribution is 6.04. The number of ether oxygens (including phenoxy) is 1. The summed E-state index contributed by atoms with van der Waals surface area (Å²) in [5, 5.41) is 1.61. The normalized spacial score (nSPS) is 11.7. The third-order valence-corrected chi connectivity index (χ3v) is 2.92. The molecule has 0 saturated carbocycles. The number of benzene rings is 1. The fourth-order valence-corrected chi connectivity index (χ4v) is 1.57. The summed E-state index contributed by atoms with van der Waals surface area (Å²) in [6, 6.07) is 3.92. The Bertz CT molecular complexity index is 654. The van der Waals surface area contributed by atoms with Crippen molar-refractivity contribution in [3.63, 3.8) is 0 Å².